The van der Waals surface area contributed by atoms with E-state index in [9.17, 15) is 10.1 Å². The molecule has 1 amide bonds. The van der Waals surface area contributed by atoms with Crippen molar-refractivity contribution >= 4 is 22.6 Å². The van der Waals surface area contributed by atoms with Gasteiger partial charge in [0, 0.05) is 61.5 Å². The lowest BCUT2D eigenvalue weighted by Crippen LogP contribution is -2.48. The zero-order chi connectivity index (χ0) is 29.0. The highest BCUT2D eigenvalue weighted by atomic mass is 16.5. The lowest BCUT2D eigenvalue weighted by atomic mass is 9.98. The van der Waals surface area contributed by atoms with Gasteiger partial charge >= 0.3 is 0 Å². The smallest absolute Gasteiger partial charge is 0.254 e. The van der Waals surface area contributed by atoms with E-state index in [0.29, 0.717) is 28.7 Å². The first-order chi connectivity index (χ1) is 20.5. The largest absolute Gasteiger partial charge is 0.494 e. The van der Waals surface area contributed by atoms with Gasteiger partial charge in [-0.15, -0.1) is 0 Å². The van der Waals surface area contributed by atoms with Gasteiger partial charge in [0.2, 0.25) is 0 Å². The predicted octanol–water partition coefficient (Wildman–Crippen LogP) is 4.24. The molecular weight excluding hydrogens is 526 g/mol. The van der Waals surface area contributed by atoms with Crippen molar-refractivity contribution in [1.29, 1.82) is 5.26 Å². The maximum Gasteiger partial charge on any atom is 0.254 e. The van der Waals surface area contributed by atoms with E-state index < -0.39 is 0 Å². The van der Waals surface area contributed by atoms with E-state index in [2.05, 4.69) is 51.7 Å². The molecule has 2 aromatic heterocycles. The minimum absolute atomic E-state index is 0.00533. The molecular formula is C33H35N7O2. The van der Waals surface area contributed by atoms with Crippen LogP contribution in [0.4, 0.5) is 5.69 Å². The molecule has 214 valence electrons. The first-order valence-corrected chi connectivity index (χ1v) is 14.8. The summed E-state index contributed by atoms with van der Waals surface area (Å²) in [7, 11) is 1.66. The SMILES string of the molecule is CCc1ccccc1-c1nc2cc(C(=O)N3C[C@H]4CC[C@@H]3[C@@H]4N)cc(OC)c2n1CC1CN(c2cncc(C#N)c2)C1. The molecule has 4 heterocycles. The topological polar surface area (TPSA) is 113 Å². The highest BCUT2D eigenvalue weighted by molar-refractivity contribution is 6.00. The van der Waals surface area contributed by atoms with Gasteiger partial charge in [-0.1, -0.05) is 31.2 Å². The number of anilines is 1. The number of methoxy groups -OCH3 is 1. The number of benzene rings is 2. The molecule has 2 bridgehead atoms. The van der Waals surface area contributed by atoms with E-state index in [1.54, 1.807) is 13.3 Å². The number of carbonyl (C=O) groups excluding carboxylic acids is 1. The van der Waals surface area contributed by atoms with Crippen LogP contribution in [0.5, 0.6) is 5.75 Å². The molecule has 2 saturated heterocycles. The average Bonchev–Trinajstić information content (AvgIpc) is 3.66. The number of likely N-dealkylation sites (tertiary alicyclic amines) is 1. The predicted molar refractivity (Wildman–Crippen MR) is 161 cm³/mol. The van der Waals surface area contributed by atoms with E-state index in [0.717, 1.165) is 73.6 Å². The van der Waals surface area contributed by atoms with Gasteiger partial charge in [-0.25, -0.2) is 4.98 Å². The standard InChI is InChI=1S/C33H35N7O2/c1-3-22-6-4-5-7-26(22)32-37-27-11-24(33(41)39-19-23-8-9-28(39)30(23)35)12-29(42-2)31(27)40(32)18-21-16-38(17-21)25-10-20(13-34)14-36-15-25/h4-7,10-12,14-15,21,23,28,30H,3,8-9,16-19,35H2,1-2H3/t23-,28-,30-/m1/s1. The molecule has 2 aromatic carbocycles. The zero-order valence-electron chi connectivity index (χ0n) is 24.0. The minimum atomic E-state index is 0.00533. The monoisotopic (exact) mass is 561 g/mol. The van der Waals surface area contributed by atoms with E-state index in [4.69, 9.17) is 15.5 Å². The number of carbonyl (C=O) groups is 1. The zero-order valence-corrected chi connectivity index (χ0v) is 24.0. The normalized spacial score (nSPS) is 21.5. The fourth-order valence-corrected chi connectivity index (χ4v) is 7.20. The van der Waals surface area contributed by atoms with Crippen molar-refractivity contribution < 1.29 is 9.53 Å². The van der Waals surface area contributed by atoms with Crippen molar-refractivity contribution in [3.8, 4) is 23.2 Å². The number of hydrogen-bond acceptors (Lipinski definition) is 7. The number of fused-ring (bicyclic) bond motifs is 3. The Kier molecular flexibility index (Phi) is 6.59. The summed E-state index contributed by atoms with van der Waals surface area (Å²) in [6.45, 7) is 5.33. The third kappa shape index (κ3) is 4.29. The Morgan fingerprint density at radius 2 is 1.98 bits per heavy atom. The number of imidazole rings is 1. The molecule has 4 aromatic rings. The maximum absolute atomic E-state index is 13.8. The van der Waals surface area contributed by atoms with Crippen molar-refractivity contribution in [3.05, 3.63) is 71.5 Å². The highest BCUT2D eigenvalue weighted by Crippen LogP contribution is 2.40. The Morgan fingerprint density at radius 1 is 1.14 bits per heavy atom. The van der Waals surface area contributed by atoms with Gasteiger partial charge in [-0.3, -0.25) is 9.78 Å². The van der Waals surface area contributed by atoms with E-state index in [1.807, 2.05) is 29.3 Å². The molecule has 1 saturated carbocycles. The number of aromatic nitrogens is 3. The van der Waals surface area contributed by atoms with Gasteiger partial charge in [0.05, 0.1) is 30.1 Å². The molecule has 9 nitrogen and oxygen atoms in total. The summed E-state index contributed by atoms with van der Waals surface area (Å²) in [4.78, 5) is 27.4. The first kappa shape index (κ1) is 26.5. The van der Waals surface area contributed by atoms with Crippen LogP contribution in [0.25, 0.3) is 22.4 Å². The van der Waals surface area contributed by atoms with Gasteiger partial charge < -0.3 is 24.8 Å². The summed E-state index contributed by atoms with van der Waals surface area (Å²) >= 11 is 0. The minimum Gasteiger partial charge on any atom is -0.494 e. The van der Waals surface area contributed by atoms with Crippen LogP contribution < -0.4 is 15.4 Å². The molecule has 3 aliphatic rings. The van der Waals surface area contributed by atoms with Crippen LogP contribution in [0.2, 0.25) is 0 Å². The van der Waals surface area contributed by atoms with Gasteiger partial charge in [0.1, 0.15) is 23.2 Å². The molecule has 3 fully saturated rings. The summed E-state index contributed by atoms with van der Waals surface area (Å²) in [5.41, 5.74) is 12.5. The molecule has 2 aliphatic heterocycles. The number of ether oxygens (including phenoxy) is 1. The summed E-state index contributed by atoms with van der Waals surface area (Å²) in [5.74, 6) is 2.30. The van der Waals surface area contributed by atoms with Crippen LogP contribution in [0.3, 0.4) is 0 Å². The fraction of sp³-hybridized carbons (Fsp3) is 0.394. The second kappa shape index (κ2) is 10.4. The first-order valence-electron chi connectivity index (χ1n) is 14.8. The Labute approximate surface area is 245 Å². The molecule has 0 spiro atoms. The maximum atomic E-state index is 13.8. The Morgan fingerprint density at radius 3 is 2.69 bits per heavy atom. The molecule has 42 heavy (non-hydrogen) atoms. The van der Waals surface area contributed by atoms with Crippen molar-refractivity contribution in [1.82, 2.24) is 19.4 Å². The van der Waals surface area contributed by atoms with Gasteiger partial charge in [0.25, 0.3) is 5.91 Å². The number of nitrogens with two attached hydrogens (primary N) is 1. The van der Waals surface area contributed by atoms with Gasteiger partial charge in [-0.05, 0) is 48.9 Å². The van der Waals surface area contributed by atoms with Crippen molar-refractivity contribution in [2.45, 2.75) is 44.8 Å². The fourth-order valence-electron chi connectivity index (χ4n) is 7.20. The molecule has 0 unspecified atom stereocenters. The number of aryl methyl sites for hydroxylation is 1. The third-order valence-corrected chi connectivity index (χ3v) is 9.44. The second-order valence-corrected chi connectivity index (χ2v) is 11.9. The van der Waals surface area contributed by atoms with Crippen LogP contribution in [0.1, 0.15) is 41.3 Å². The number of nitrogens with zero attached hydrogens (tertiary/aromatic N) is 6. The average molecular weight is 562 g/mol. The van der Waals surface area contributed by atoms with E-state index in [-0.39, 0.29) is 18.0 Å². The number of amides is 1. The quantitative estimate of drug-likeness (QED) is 0.359. The summed E-state index contributed by atoms with van der Waals surface area (Å²) in [6, 6.07) is 16.4. The number of nitriles is 1. The molecule has 2 N–H and O–H groups in total. The van der Waals surface area contributed by atoms with Crippen molar-refractivity contribution in [2.24, 2.45) is 17.6 Å². The Balaban J connectivity index is 1.26. The number of pyridine rings is 1. The molecule has 3 atom stereocenters. The molecule has 9 heteroatoms. The molecule has 0 radical (unpaired) electrons. The van der Waals surface area contributed by atoms with Crippen molar-refractivity contribution in [3.63, 3.8) is 0 Å². The second-order valence-electron chi connectivity index (χ2n) is 11.9. The molecule has 7 rings (SSSR count). The van der Waals surface area contributed by atoms with Crippen LogP contribution in [0, 0.1) is 23.2 Å². The summed E-state index contributed by atoms with van der Waals surface area (Å²) in [6.07, 6.45) is 6.36. The number of piperidine rings is 1. The Bertz CT molecular complexity index is 1720. The lowest BCUT2D eigenvalue weighted by molar-refractivity contribution is 0.0700. The Hall–Kier alpha value is -4.42. The third-order valence-electron chi connectivity index (χ3n) is 9.44. The van der Waals surface area contributed by atoms with Crippen LogP contribution >= 0.6 is 0 Å². The molecule has 1 aliphatic carbocycles. The van der Waals surface area contributed by atoms with E-state index in [1.165, 1.54) is 5.56 Å². The van der Waals surface area contributed by atoms with Crippen LogP contribution in [-0.4, -0.2) is 64.2 Å². The van der Waals surface area contributed by atoms with Crippen molar-refractivity contribution in [2.75, 3.05) is 31.6 Å². The van der Waals surface area contributed by atoms with Crippen LogP contribution in [0.15, 0.2) is 54.9 Å². The number of rotatable bonds is 7. The highest BCUT2D eigenvalue weighted by Gasteiger charge is 2.47. The summed E-state index contributed by atoms with van der Waals surface area (Å²) < 4.78 is 8.23. The summed E-state index contributed by atoms with van der Waals surface area (Å²) in [5, 5.41) is 9.28. The lowest BCUT2D eigenvalue weighted by Gasteiger charge is -2.41. The van der Waals surface area contributed by atoms with Crippen LogP contribution in [-0.2, 0) is 13.0 Å². The van der Waals surface area contributed by atoms with Gasteiger partial charge in [0.15, 0.2) is 0 Å². The van der Waals surface area contributed by atoms with E-state index >= 15 is 0 Å². The number of hydrogen-bond donors (Lipinski definition) is 1. The van der Waals surface area contributed by atoms with Gasteiger partial charge in [-0.2, -0.15) is 5.26 Å².